The number of halogens is 1. The van der Waals surface area contributed by atoms with Crippen LogP contribution in [-0.4, -0.2) is 21.6 Å². The molecule has 0 aliphatic carbocycles. The lowest BCUT2D eigenvalue weighted by molar-refractivity contribution is -0.118. The predicted octanol–water partition coefficient (Wildman–Crippen LogP) is 6.16. The van der Waals surface area contributed by atoms with Gasteiger partial charge in [0.1, 0.15) is 5.82 Å². The maximum atomic E-state index is 13.2. The number of carbonyl (C=O) groups excluding carboxylic acids is 1. The van der Waals surface area contributed by atoms with Crippen LogP contribution in [0, 0.1) is 19.7 Å². The minimum atomic E-state index is -0.261. The second-order valence-corrected chi connectivity index (χ2v) is 9.38. The van der Waals surface area contributed by atoms with Crippen molar-refractivity contribution in [3.8, 4) is 0 Å². The van der Waals surface area contributed by atoms with Crippen molar-refractivity contribution in [2.75, 3.05) is 10.7 Å². The number of hydrogen-bond donors (Lipinski definition) is 0. The molecule has 158 valence electrons. The molecule has 31 heavy (non-hydrogen) atoms. The number of fused-ring (bicyclic) bond motifs is 1. The number of hydrogen-bond acceptors (Lipinski definition) is 5. The number of aromatic nitrogens is 2. The van der Waals surface area contributed by atoms with E-state index >= 15 is 0 Å². The summed E-state index contributed by atoms with van der Waals surface area (Å²) in [6, 6.07) is 16.2. The van der Waals surface area contributed by atoms with E-state index in [4.69, 9.17) is 4.98 Å². The smallest absolute Gasteiger partial charge is 0.229 e. The summed E-state index contributed by atoms with van der Waals surface area (Å²) < 4.78 is 14.2. The van der Waals surface area contributed by atoms with Crippen molar-refractivity contribution in [3.05, 3.63) is 83.4 Å². The Morgan fingerprint density at radius 3 is 2.65 bits per heavy atom. The van der Waals surface area contributed by atoms with Gasteiger partial charge in [0.2, 0.25) is 5.91 Å². The summed E-state index contributed by atoms with van der Waals surface area (Å²) in [5.41, 5.74) is 4.08. The van der Waals surface area contributed by atoms with E-state index in [9.17, 15) is 9.18 Å². The highest BCUT2D eigenvalue weighted by atomic mass is 32.2. The standard InChI is InChI=1S/C24H22FN3OS2/c1-16-6-11-21-23(17(16)2)27-24(31-21)28(15-19-5-3-4-13-26-19)22(29)12-14-30-20-9-7-18(25)8-10-20/h3-11,13H,12,14-15H2,1-2H3. The van der Waals surface area contributed by atoms with Crippen LogP contribution in [0.2, 0.25) is 0 Å². The van der Waals surface area contributed by atoms with E-state index in [-0.39, 0.29) is 11.7 Å². The van der Waals surface area contributed by atoms with Crippen molar-refractivity contribution in [1.82, 2.24) is 9.97 Å². The highest BCUT2D eigenvalue weighted by Gasteiger charge is 2.21. The van der Waals surface area contributed by atoms with Crippen LogP contribution in [-0.2, 0) is 11.3 Å². The largest absolute Gasteiger partial charge is 0.282 e. The summed E-state index contributed by atoms with van der Waals surface area (Å²) in [6.07, 6.45) is 2.08. The molecule has 0 atom stereocenters. The summed E-state index contributed by atoms with van der Waals surface area (Å²) in [4.78, 5) is 25.1. The molecule has 4 rings (SSSR count). The van der Waals surface area contributed by atoms with Crippen molar-refractivity contribution < 1.29 is 9.18 Å². The summed E-state index contributed by atoms with van der Waals surface area (Å²) in [5, 5.41) is 0.686. The number of aryl methyl sites for hydroxylation is 2. The van der Waals surface area contributed by atoms with Gasteiger partial charge in [-0.25, -0.2) is 9.37 Å². The van der Waals surface area contributed by atoms with Crippen molar-refractivity contribution in [2.24, 2.45) is 0 Å². The molecule has 1 amide bonds. The molecular weight excluding hydrogens is 429 g/mol. The molecule has 0 aliphatic heterocycles. The third kappa shape index (κ3) is 5.11. The van der Waals surface area contributed by atoms with Gasteiger partial charge in [-0.2, -0.15) is 0 Å². The van der Waals surface area contributed by atoms with E-state index in [1.165, 1.54) is 40.8 Å². The van der Waals surface area contributed by atoms with Gasteiger partial charge >= 0.3 is 0 Å². The predicted molar refractivity (Wildman–Crippen MR) is 126 cm³/mol. The molecule has 4 aromatic rings. The lowest BCUT2D eigenvalue weighted by Gasteiger charge is -2.19. The Morgan fingerprint density at radius 1 is 1.10 bits per heavy atom. The molecule has 0 bridgehead atoms. The monoisotopic (exact) mass is 451 g/mol. The van der Waals surface area contributed by atoms with Gasteiger partial charge in [-0.1, -0.05) is 23.5 Å². The van der Waals surface area contributed by atoms with E-state index in [1.54, 1.807) is 23.2 Å². The summed E-state index contributed by atoms with van der Waals surface area (Å²) >= 11 is 3.06. The molecule has 0 saturated heterocycles. The van der Waals surface area contributed by atoms with E-state index < -0.39 is 0 Å². The van der Waals surface area contributed by atoms with Crippen molar-refractivity contribution in [3.63, 3.8) is 0 Å². The van der Waals surface area contributed by atoms with E-state index in [2.05, 4.69) is 31.0 Å². The van der Waals surface area contributed by atoms with E-state index in [0.29, 0.717) is 23.8 Å². The Bertz CT molecular complexity index is 1190. The van der Waals surface area contributed by atoms with E-state index in [1.807, 2.05) is 18.2 Å². The summed E-state index contributed by atoms with van der Waals surface area (Å²) in [5.74, 6) is 0.337. The Kier molecular flexibility index (Phi) is 6.63. The van der Waals surface area contributed by atoms with Crippen LogP contribution in [0.25, 0.3) is 10.2 Å². The Morgan fingerprint density at radius 2 is 1.90 bits per heavy atom. The van der Waals surface area contributed by atoms with Crippen molar-refractivity contribution in [1.29, 1.82) is 0 Å². The summed E-state index contributed by atoms with van der Waals surface area (Å²) in [7, 11) is 0. The fraction of sp³-hybridized carbons (Fsp3) is 0.208. The first-order valence-corrected chi connectivity index (χ1v) is 11.8. The van der Waals surface area contributed by atoms with Gasteiger partial charge in [-0.15, -0.1) is 11.8 Å². The normalized spacial score (nSPS) is 11.1. The zero-order valence-electron chi connectivity index (χ0n) is 17.3. The van der Waals surface area contributed by atoms with Gasteiger partial charge in [-0.05, 0) is 67.4 Å². The van der Waals surface area contributed by atoms with Gasteiger partial charge in [0.05, 0.1) is 22.5 Å². The second-order valence-electron chi connectivity index (χ2n) is 7.20. The van der Waals surface area contributed by atoms with Crippen LogP contribution in [0.3, 0.4) is 0 Å². The van der Waals surface area contributed by atoms with E-state index in [0.717, 1.165) is 26.4 Å². The highest BCUT2D eigenvalue weighted by Crippen LogP contribution is 2.33. The first kappa shape index (κ1) is 21.5. The molecule has 0 radical (unpaired) electrons. The highest BCUT2D eigenvalue weighted by molar-refractivity contribution is 7.99. The number of thioether (sulfide) groups is 1. The fourth-order valence-electron chi connectivity index (χ4n) is 3.17. The lowest BCUT2D eigenvalue weighted by Crippen LogP contribution is -2.30. The third-order valence-corrected chi connectivity index (χ3v) is 7.11. The molecule has 7 heteroatoms. The number of anilines is 1. The number of carbonyl (C=O) groups is 1. The van der Waals surface area contributed by atoms with Crippen molar-refractivity contribution >= 4 is 44.4 Å². The number of amides is 1. The zero-order valence-corrected chi connectivity index (χ0v) is 19.0. The second kappa shape index (κ2) is 9.58. The quantitative estimate of drug-likeness (QED) is 0.316. The number of rotatable bonds is 7. The molecule has 2 aromatic heterocycles. The van der Waals surface area contributed by atoms with Crippen molar-refractivity contribution in [2.45, 2.75) is 31.7 Å². The topological polar surface area (TPSA) is 46.1 Å². The fourth-order valence-corrected chi connectivity index (χ4v) is 5.05. The maximum absolute atomic E-state index is 13.2. The Balaban J connectivity index is 1.56. The number of benzene rings is 2. The Labute approximate surface area is 189 Å². The maximum Gasteiger partial charge on any atom is 0.229 e. The van der Waals surface area contributed by atoms with Crippen LogP contribution in [0.1, 0.15) is 23.2 Å². The molecule has 2 aromatic carbocycles. The molecule has 2 heterocycles. The first-order chi connectivity index (χ1) is 15.0. The molecule has 4 nitrogen and oxygen atoms in total. The SMILES string of the molecule is Cc1ccc2sc(N(Cc3ccccn3)C(=O)CCSc3ccc(F)cc3)nc2c1C. The van der Waals surface area contributed by atoms with Gasteiger partial charge in [0.25, 0.3) is 0 Å². The third-order valence-electron chi connectivity index (χ3n) is 5.05. The van der Waals surface area contributed by atoms with Crippen LogP contribution < -0.4 is 4.90 Å². The molecule has 0 unspecified atom stereocenters. The molecule has 0 N–H and O–H groups in total. The molecular formula is C24H22FN3OS2. The number of thiazole rings is 1. The number of nitrogens with zero attached hydrogens (tertiary/aromatic N) is 3. The summed E-state index contributed by atoms with van der Waals surface area (Å²) in [6.45, 7) is 4.50. The number of pyridine rings is 1. The molecule has 0 aliphatic rings. The van der Waals surface area contributed by atoms with Gasteiger partial charge in [0, 0.05) is 23.3 Å². The van der Waals surface area contributed by atoms with Crippen LogP contribution >= 0.6 is 23.1 Å². The van der Waals surface area contributed by atoms with Crippen LogP contribution in [0.5, 0.6) is 0 Å². The van der Waals surface area contributed by atoms with Gasteiger partial charge in [0.15, 0.2) is 5.13 Å². The Hall–Kier alpha value is -2.77. The lowest BCUT2D eigenvalue weighted by atomic mass is 10.1. The van der Waals surface area contributed by atoms with Gasteiger partial charge in [-0.3, -0.25) is 14.7 Å². The van der Waals surface area contributed by atoms with Gasteiger partial charge < -0.3 is 0 Å². The zero-order chi connectivity index (χ0) is 21.8. The molecule has 0 saturated carbocycles. The molecule has 0 spiro atoms. The first-order valence-electron chi connectivity index (χ1n) is 9.96. The van der Waals surface area contributed by atoms with Crippen LogP contribution in [0.15, 0.2) is 65.7 Å². The average Bonchev–Trinajstić information content (AvgIpc) is 3.21. The minimum absolute atomic E-state index is 0.00584. The minimum Gasteiger partial charge on any atom is -0.282 e. The van der Waals surface area contributed by atoms with Crippen LogP contribution in [0.4, 0.5) is 9.52 Å². The average molecular weight is 452 g/mol. The molecule has 0 fully saturated rings.